The van der Waals surface area contributed by atoms with E-state index in [1.54, 1.807) is 18.2 Å². The zero-order chi connectivity index (χ0) is 19.3. The second kappa shape index (κ2) is 6.75. The fourth-order valence-electron chi connectivity index (χ4n) is 4.29. The number of carbonyl (C=O) groups excluding carboxylic acids is 1. The maximum atomic E-state index is 13.1. The van der Waals surface area contributed by atoms with Crippen LogP contribution in [0, 0.1) is 5.92 Å². The lowest BCUT2D eigenvalue weighted by atomic mass is 10.1. The highest BCUT2D eigenvalue weighted by Crippen LogP contribution is 2.34. The number of carbonyl (C=O) groups is 1. The summed E-state index contributed by atoms with van der Waals surface area (Å²) in [6.07, 6.45) is 0.774. The van der Waals surface area contributed by atoms with Gasteiger partial charge in [0.1, 0.15) is 12.4 Å². The Morgan fingerprint density at radius 2 is 1.89 bits per heavy atom. The third-order valence-corrected chi connectivity index (χ3v) is 7.64. The Morgan fingerprint density at radius 3 is 2.61 bits per heavy atom. The molecule has 1 fully saturated rings. The Kier molecular flexibility index (Phi) is 4.33. The van der Waals surface area contributed by atoms with Gasteiger partial charge in [0.15, 0.2) is 0 Å². The highest BCUT2D eigenvalue weighted by molar-refractivity contribution is 7.89. The SMILES string of the molecule is O=C(C1CCOC1)N1CC2=C(C1)CN(S(=O)(=O)c1ccc3c(c1)NCCO3)C2. The van der Waals surface area contributed by atoms with E-state index in [4.69, 9.17) is 9.47 Å². The number of nitrogens with one attached hydrogen (secondary N) is 1. The van der Waals surface area contributed by atoms with Crippen LogP contribution in [0.1, 0.15) is 6.42 Å². The highest BCUT2D eigenvalue weighted by atomic mass is 32.2. The van der Waals surface area contributed by atoms with Crippen molar-refractivity contribution in [1.82, 2.24) is 9.21 Å². The Morgan fingerprint density at radius 1 is 1.11 bits per heavy atom. The molecule has 0 bridgehead atoms. The fraction of sp³-hybridized carbons (Fsp3) is 0.526. The maximum Gasteiger partial charge on any atom is 0.243 e. The summed E-state index contributed by atoms with van der Waals surface area (Å²) in [7, 11) is -3.59. The normalized spacial score (nSPS) is 24.7. The lowest BCUT2D eigenvalue weighted by Crippen LogP contribution is -2.39. The summed E-state index contributed by atoms with van der Waals surface area (Å²) in [5, 5.41) is 3.18. The van der Waals surface area contributed by atoms with Crippen LogP contribution in [0.15, 0.2) is 34.2 Å². The average molecular weight is 405 g/mol. The number of amides is 1. The van der Waals surface area contributed by atoms with Gasteiger partial charge in [0.25, 0.3) is 0 Å². The molecule has 1 atom stereocenters. The molecule has 1 saturated heterocycles. The van der Waals surface area contributed by atoms with E-state index in [9.17, 15) is 13.2 Å². The molecule has 9 heteroatoms. The molecule has 150 valence electrons. The van der Waals surface area contributed by atoms with Gasteiger partial charge < -0.3 is 19.7 Å². The van der Waals surface area contributed by atoms with Crippen molar-refractivity contribution in [2.24, 2.45) is 5.92 Å². The third-order valence-electron chi connectivity index (χ3n) is 5.85. The van der Waals surface area contributed by atoms with E-state index in [0.29, 0.717) is 64.0 Å². The van der Waals surface area contributed by atoms with Crippen molar-refractivity contribution in [1.29, 1.82) is 0 Å². The number of rotatable bonds is 3. The minimum absolute atomic E-state index is 0.0509. The fourth-order valence-corrected chi connectivity index (χ4v) is 5.74. The van der Waals surface area contributed by atoms with Crippen molar-refractivity contribution < 1.29 is 22.7 Å². The molecule has 4 aliphatic rings. The van der Waals surface area contributed by atoms with Gasteiger partial charge in [-0.3, -0.25) is 4.79 Å². The van der Waals surface area contributed by atoms with Gasteiger partial charge in [0.2, 0.25) is 15.9 Å². The van der Waals surface area contributed by atoms with Gasteiger partial charge in [-0.25, -0.2) is 8.42 Å². The molecule has 1 N–H and O–H groups in total. The quantitative estimate of drug-likeness (QED) is 0.744. The van der Waals surface area contributed by atoms with Crippen molar-refractivity contribution in [2.75, 3.05) is 57.9 Å². The van der Waals surface area contributed by atoms with Crippen LogP contribution < -0.4 is 10.1 Å². The summed E-state index contributed by atoms with van der Waals surface area (Å²) in [6.45, 7) is 4.12. The van der Waals surface area contributed by atoms with Crippen LogP contribution in [0.3, 0.4) is 0 Å². The molecule has 8 nitrogen and oxygen atoms in total. The molecule has 0 aliphatic carbocycles. The van der Waals surface area contributed by atoms with Crippen LogP contribution in [-0.4, -0.2) is 76.1 Å². The molecule has 0 spiro atoms. The van der Waals surface area contributed by atoms with E-state index in [0.717, 1.165) is 17.6 Å². The number of benzene rings is 1. The second-order valence-electron chi connectivity index (χ2n) is 7.67. The van der Waals surface area contributed by atoms with E-state index >= 15 is 0 Å². The monoisotopic (exact) mass is 405 g/mol. The predicted octanol–water partition coefficient (Wildman–Crippen LogP) is 0.671. The van der Waals surface area contributed by atoms with Crippen LogP contribution in [0.25, 0.3) is 0 Å². The van der Waals surface area contributed by atoms with Crippen LogP contribution in [0.4, 0.5) is 5.69 Å². The smallest absolute Gasteiger partial charge is 0.243 e. The summed E-state index contributed by atoms with van der Waals surface area (Å²) in [4.78, 5) is 14.7. The average Bonchev–Trinajstić information content (AvgIpc) is 3.43. The van der Waals surface area contributed by atoms with E-state index in [1.165, 1.54) is 4.31 Å². The molecule has 1 aromatic rings. The first kappa shape index (κ1) is 18.0. The highest BCUT2D eigenvalue weighted by Gasteiger charge is 2.39. The molecular formula is C19H23N3O5S. The summed E-state index contributed by atoms with van der Waals surface area (Å²) < 4.78 is 38.6. The standard InChI is InChI=1S/C19H23N3O5S/c23-19(13-3-5-26-12-13)21-8-14-10-22(11-15(14)9-21)28(24,25)16-1-2-18-17(7-16)20-4-6-27-18/h1-2,7,13,20H,3-6,8-12H2. The molecule has 5 rings (SSSR count). The third kappa shape index (κ3) is 2.98. The van der Waals surface area contributed by atoms with Gasteiger partial charge >= 0.3 is 0 Å². The molecule has 4 heterocycles. The summed E-state index contributed by atoms with van der Waals surface area (Å²) in [6, 6.07) is 4.94. The van der Waals surface area contributed by atoms with Gasteiger partial charge in [-0.15, -0.1) is 0 Å². The first-order valence-corrected chi connectivity index (χ1v) is 11.0. The van der Waals surface area contributed by atoms with Gasteiger partial charge in [-0.1, -0.05) is 0 Å². The van der Waals surface area contributed by atoms with E-state index in [1.807, 2.05) is 4.90 Å². The van der Waals surface area contributed by atoms with Crippen molar-refractivity contribution >= 4 is 21.6 Å². The number of anilines is 1. The van der Waals surface area contributed by atoms with Gasteiger partial charge in [-0.05, 0) is 35.8 Å². The zero-order valence-electron chi connectivity index (χ0n) is 15.5. The minimum Gasteiger partial charge on any atom is -0.490 e. The Labute approximate surface area is 164 Å². The first-order chi connectivity index (χ1) is 13.5. The summed E-state index contributed by atoms with van der Waals surface area (Å²) in [5.41, 5.74) is 2.81. The van der Waals surface area contributed by atoms with E-state index in [2.05, 4.69) is 5.32 Å². The number of nitrogens with zero attached hydrogens (tertiary/aromatic N) is 2. The minimum atomic E-state index is -3.59. The lowest BCUT2D eigenvalue weighted by Gasteiger charge is -2.25. The molecule has 4 aliphatic heterocycles. The Balaban J connectivity index is 1.28. The van der Waals surface area contributed by atoms with Gasteiger partial charge in [-0.2, -0.15) is 4.31 Å². The van der Waals surface area contributed by atoms with Crippen molar-refractivity contribution in [3.8, 4) is 5.75 Å². The van der Waals surface area contributed by atoms with E-state index < -0.39 is 10.0 Å². The number of hydrogen-bond acceptors (Lipinski definition) is 6. The molecule has 1 aromatic carbocycles. The molecule has 1 amide bonds. The van der Waals surface area contributed by atoms with Crippen LogP contribution >= 0.6 is 0 Å². The molecule has 28 heavy (non-hydrogen) atoms. The second-order valence-corrected chi connectivity index (χ2v) is 9.61. The number of sulfonamides is 1. The first-order valence-electron chi connectivity index (χ1n) is 9.59. The van der Waals surface area contributed by atoms with Crippen LogP contribution in [0.2, 0.25) is 0 Å². The Hall–Kier alpha value is -2.10. The zero-order valence-corrected chi connectivity index (χ0v) is 16.3. The largest absolute Gasteiger partial charge is 0.490 e. The molecule has 0 aromatic heterocycles. The Bertz CT molecular complexity index is 934. The van der Waals surface area contributed by atoms with E-state index in [-0.39, 0.29) is 16.7 Å². The van der Waals surface area contributed by atoms with Crippen molar-refractivity contribution in [3.05, 3.63) is 29.3 Å². The van der Waals surface area contributed by atoms with Crippen molar-refractivity contribution in [3.63, 3.8) is 0 Å². The molecule has 1 unspecified atom stereocenters. The molecular weight excluding hydrogens is 382 g/mol. The number of fused-ring (bicyclic) bond motifs is 1. The topological polar surface area (TPSA) is 88.2 Å². The van der Waals surface area contributed by atoms with Crippen LogP contribution in [0.5, 0.6) is 5.75 Å². The van der Waals surface area contributed by atoms with Crippen LogP contribution in [-0.2, 0) is 19.6 Å². The number of hydrogen-bond donors (Lipinski definition) is 1. The number of ether oxygens (including phenoxy) is 2. The molecule has 0 radical (unpaired) electrons. The molecule has 0 saturated carbocycles. The van der Waals surface area contributed by atoms with Gasteiger partial charge in [0, 0.05) is 39.3 Å². The summed E-state index contributed by atoms with van der Waals surface area (Å²) in [5.74, 6) is 0.754. The van der Waals surface area contributed by atoms with Gasteiger partial charge in [0.05, 0.1) is 23.1 Å². The van der Waals surface area contributed by atoms with Crippen molar-refractivity contribution in [2.45, 2.75) is 11.3 Å². The summed E-state index contributed by atoms with van der Waals surface area (Å²) >= 11 is 0. The maximum absolute atomic E-state index is 13.1. The lowest BCUT2D eigenvalue weighted by molar-refractivity contribution is -0.134. The predicted molar refractivity (Wildman–Crippen MR) is 102 cm³/mol.